The SMILES string of the molecule is CCN1CCC(N2c3cc(-n4cncn4)ccc3CC2C)CC1.Fc1ccccc1. The first-order valence-corrected chi connectivity index (χ1v) is 10.8. The molecule has 1 fully saturated rings. The number of piperidine rings is 1. The maximum Gasteiger partial charge on any atom is 0.138 e. The molecule has 2 aliphatic heterocycles. The molecule has 1 aromatic heterocycles. The predicted molar refractivity (Wildman–Crippen MR) is 119 cm³/mol. The summed E-state index contributed by atoms with van der Waals surface area (Å²) in [6, 6.07) is 15.9. The number of fused-ring (bicyclic) bond motifs is 1. The highest BCUT2D eigenvalue weighted by molar-refractivity contribution is 5.64. The number of anilines is 1. The van der Waals surface area contributed by atoms with E-state index >= 15 is 0 Å². The molecule has 2 aliphatic rings. The minimum Gasteiger partial charge on any atom is -0.365 e. The van der Waals surface area contributed by atoms with Crippen LogP contribution in [0.5, 0.6) is 0 Å². The van der Waals surface area contributed by atoms with Gasteiger partial charge in [0.25, 0.3) is 0 Å². The van der Waals surface area contributed by atoms with Gasteiger partial charge in [-0.1, -0.05) is 31.2 Å². The van der Waals surface area contributed by atoms with E-state index in [1.807, 2.05) is 4.68 Å². The Labute approximate surface area is 178 Å². The Morgan fingerprint density at radius 3 is 2.43 bits per heavy atom. The van der Waals surface area contributed by atoms with Gasteiger partial charge in [-0.25, -0.2) is 14.1 Å². The highest BCUT2D eigenvalue weighted by atomic mass is 19.1. The van der Waals surface area contributed by atoms with Crippen LogP contribution in [0.25, 0.3) is 5.69 Å². The summed E-state index contributed by atoms with van der Waals surface area (Å²) >= 11 is 0. The van der Waals surface area contributed by atoms with Crippen LogP contribution in [0, 0.1) is 5.82 Å². The van der Waals surface area contributed by atoms with Crippen molar-refractivity contribution >= 4 is 5.69 Å². The average Bonchev–Trinajstić information content (AvgIpc) is 3.42. The number of rotatable bonds is 3. The van der Waals surface area contributed by atoms with Crippen molar-refractivity contribution in [2.24, 2.45) is 0 Å². The van der Waals surface area contributed by atoms with Gasteiger partial charge in [0, 0.05) is 30.9 Å². The molecule has 3 heterocycles. The summed E-state index contributed by atoms with van der Waals surface area (Å²) in [5.41, 5.74) is 3.98. The van der Waals surface area contributed by atoms with Crippen LogP contribution >= 0.6 is 0 Å². The van der Waals surface area contributed by atoms with E-state index in [0.29, 0.717) is 12.1 Å². The molecule has 1 atom stereocenters. The van der Waals surface area contributed by atoms with Gasteiger partial charge in [0.05, 0.1) is 5.69 Å². The molecule has 0 bridgehead atoms. The van der Waals surface area contributed by atoms with Crippen molar-refractivity contribution in [3.63, 3.8) is 0 Å². The van der Waals surface area contributed by atoms with Gasteiger partial charge < -0.3 is 9.80 Å². The average molecular weight is 408 g/mol. The Kier molecular flexibility index (Phi) is 6.43. The Bertz CT molecular complexity index is 920. The van der Waals surface area contributed by atoms with Crippen molar-refractivity contribution in [2.75, 3.05) is 24.5 Å². The van der Waals surface area contributed by atoms with Crippen LogP contribution in [0.15, 0.2) is 61.2 Å². The van der Waals surface area contributed by atoms with Crippen LogP contribution < -0.4 is 4.90 Å². The van der Waals surface area contributed by atoms with E-state index < -0.39 is 0 Å². The molecule has 0 spiro atoms. The van der Waals surface area contributed by atoms with Crippen molar-refractivity contribution in [1.29, 1.82) is 0 Å². The molecule has 5 rings (SSSR count). The molecule has 0 saturated carbocycles. The Morgan fingerprint density at radius 1 is 1.07 bits per heavy atom. The number of aromatic nitrogens is 3. The Hall–Kier alpha value is -2.73. The monoisotopic (exact) mass is 407 g/mol. The van der Waals surface area contributed by atoms with E-state index in [4.69, 9.17) is 0 Å². The van der Waals surface area contributed by atoms with E-state index in [-0.39, 0.29) is 5.82 Å². The van der Waals surface area contributed by atoms with Crippen LogP contribution in [0.2, 0.25) is 0 Å². The molecular formula is C24H30FN5. The molecule has 3 aromatic rings. The van der Waals surface area contributed by atoms with Gasteiger partial charge in [0.2, 0.25) is 0 Å². The fraction of sp³-hybridized carbons (Fsp3) is 0.417. The molecule has 5 nitrogen and oxygen atoms in total. The number of likely N-dealkylation sites (tertiary alicyclic amines) is 1. The third kappa shape index (κ3) is 4.54. The van der Waals surface area contributed by atoms with Gasteiger partial charge >= 0.3 is 0 Å². The normalized spacial score (nSPS) is 19.3. The summed E-state index contributed by atoms with van der Waals surface area (Å²) in [6.07, 6.45) is 7.05. The van der Waals surface area contributed by atoms with Gasteiger partial charge in [-0.05, 0) is 62.6 Å². The Balaban J connectivity index is 0.000000265. The largest absolute Gasteiger partial charge is 0.365 e. The molecule has 0 N–H and O–H groups in total. The second kappa shape index (κ2) is 9.39. The van der Waals surface area contributed by atoms with Crippen LogP contribution in [0.3, 0.4) is 0 Å². The number of benzene rings is 2. The lowest BCUT2D eigenvalue weighted by Crippen LogP contribution is -2.47. The van der Waals surface area contributed by atoms with Gasteiger partial charge in [0.15, 0.2) is 0 Å². The predicted octanol–water partition coefficient (Wildman–Crippen LogP) is 4.33. The number of hydrogen-bond donors (Lipinski definition) is 0. The fourth-order valence-corrected chi connectivity index (χ4v) is 4.59. The smallest absolute Gasteiger partial charge is 0.138 e. The van der Waals surface area contributed by atoms with E-state index in [2.05, 4.69) is 51.9 Å². The summed E-state index contributed by atoms with van der Waals surface area (Å²) in [5, 5.41) is 4.27. The quantitative estimate of drug-likeness (QED) is 0.648. The van der Waals surface area contributed by atoms with Gasteiger partial charge in [-0.3, -0.25) is 0 Å². The lowest BCUT2D eigenvalue weighted by Gasteiger charge is -2.40. The van der Waals surface area contributed by atoms with E-state index in [9.17, 15) is 4.39 Å². The number of hydrogen-bond acceptors (Lipinski definition) is 4. The van der Waals surface area contributed by atoms with Crippen molar-refractivity contribution < 1.29 is 4.39 Å². The van der Waals surface area contributed by atoms with Gasteiger partial charge in [-0.2, -0.15) is 5.10 Å². The zero-order chi connectivity index (χ0) is 20.9. The lowest BCUT2D eigenvalue weighted by atomic mass is 10.0. The van der Waals surface area contributed by atoms with Crippen molar-refractivity contribution in [2.45, 2.75) is 45.2 Å². The molecule has 1 unspecified atom stereocenters. The van der Waals surface area contributed by atoms with Gasteiger partial charge in [0.1, 0.15) is 18.5 Å². The second-order valence-electron chi connectivity index (χ2n) is 8.07. The zero-order valence-corrected chi connectivity index (χ0v) is 17.8. The molecule has 1 saturated heterocycles. The highest BCUT2D eigenvalue weighted by Crippen LogP contribution is 2.37. The maximum atomic E-state index is 11.9. The highest BCUT2D eigenvalue weighted by Gasteiger charge is 2.33. The topological polar surface area (TPSA) is 37.2 Å². The first kappa shape index (κ1) is 20.5. The van der Waals surface area contributed by atoms with Crippen LogP contribution in [-0.4, -0.2) is 51.4 Å². The molecule has 6 heteroatoms. The number of halogens is 1. The molecular weight excluding hydrogens is 377 g/mol. The Morgan fingerprint density at radius 2 is 1.83 bits per heavy atom. The number of nitrogens with zero attached hydrogens (tertiary/aromatic N) is 5. The summed E-state index contributed by atoms with van der Waals surface area (Å²) in [5.74, 6) is -0.178. The third-order valence-electron chi connectivity index (χ3n) is 6.15. The van der Waals surface area contributed by atoms with E-state index in [1.54, 1.807) is 30.9 Å². The minimum absolute atomic E-state index is 0.178. The summed E-state index contributed by atoms with van der Waals surface area (Å²) in [6.45, 7) is 8.25. The second-order valence-corrected chi connectivity index (χ2v) is 8.07. The van der Waals surface area contributed by atoms with Gasteiger partial charge in [-0.15, -0.1) is 0 Å². The summed E-state index contributed by atoms with van der Waals surface area (Å²) in [4.78, 5) is 9.30. The van der Waals surface area contributed by atoms with E-state index in [1.165, 1.54) is 55.9 Å². The molecule has 30 heavy (non-hydrogen) atoms. The zero-order valence-electron chi connectivity index (χ0n) is 17.8. The third-order valence-corrected chi connectivity index (χ3v) is 6.15. The van der Waals surface area contributed by atoms with Crippen molar-refractivity contribution in [1.82, 2.24) is 19.7 Å². The van der Waals surface area contributed by atoms with Crippen LogP contribution in [-0.2, 0) is 6.42 Å². The molecule has 0 aliphatic carbocycles. The minimum atomic E-state index is -0.178. The maximum absolute atomic E-state index is 11.9. The summed E-state index contributed by atoms with van der Waals surface area (Å²) in [7, 11) is 0. The fourth-order valence-electron chi connectivity index (χ4n) is 4.59. The van der Waals surface area contributed by atoms with Crippen molar-refractivity contribution in [3.8, 4) is 5.69 Å². The molecule has 158 valence electrons. The lowest BCUT2D eigenvalue weighted by molar-refractivity contribution is 0.216. The van der Waals surface area contributed by atoms with Crippen LogP contribution in [0.4, 0.5) is 10.1 Å². The molecule has 0 amide bonds. The van der Waals surface area contributed by atoms with Crippen LogP contribution in [0.1, 0.15) is 32.3 Å². The molecule has 2 aromatic carbocycles. The first-order chi connectivity index (χ1) is 14.7. The summed E-state index contributed by atoms with van der Waals surface area (Å²) < 4.78 is 13.8. The van der Waals surface area contributed by atoms with E-state index in [0.717, 1.165) is 12.1 Å². The standard InChI is InChI=1S/C18H25N5.C6H5F/c1-3-21-8-6-16(7-9-21)23-14(2)10-15-4-5-17(11-18(15)23)22-13-19-12-20-22;7-6-4-2-1-3-5-6/h4-5,11-14,16H,3,6-10H2,1-2H3;1-5H. The van der Waals surface area contributed by atoms with Crippen molar-refractivity contribution in [3.05, 3.63) is 72.6 Å². The first-order valence-electron chi connectivity index (χ1n) is 10.8. The molecule has 0 radical (unpaired) electrons.